The van der Waals surface area contributed by atoms with E-state index in [-0.39, 0.29) is 54.7 Å². The molecule has 10 heteroatoms. The molecule has 2 amide bonds. The SMILES string of the molecule is CC(C)(C)[Si](OCC1=C([C@H](O)CC/C(=C/c2cc(Br)ccc2O)c2ccccn2)[C@H](CO)[C@@H]2C(=O)N(C3CCCCC3)C(=O)[C@@H]2C1)(c1ccccc1)c1ccccc1. The molecule has 4 atom stereocenters. The highest BCUT2D eigenvalue weighted by Crippen LogP contribution is 2.48. The molecule has 2 aliphatic carbocycles. The van der Waals surface area contributed by atoms with Gasteiger partial charge in [-0.15, -0.1) is 0 Å². The standard InChI is InChI=1S/C48H55BrN2O6Si/c1-48(2,3)58(37-17-9-5-10-18-37,38-19-11-6-12-20-38)57-31-34-29-39-45(47(56)51(46(39)55)36-15-7-4-8-16-36)40(30-52)44(34)43(54)24-22-32(41-21-13-14-26-50-41)27-33-28-35(49)23-25-42(33)53/h5-6,9-14,17-21,23,25-28,36,39-40,43,45,52-54H,4,7-8,15-16,22,24,29-31H2,1-3H3/b32-27-/t39-,40+,43-,45-/m1/s1. The molecule has 4 aromatic rings. The average Bonchev–Trinajstić information content (AvgIpc) is 3.49. The van der Waals surface area contributed by atoms with E-state index in [1.165, 1.54) is 4.90 Å². The highest BCUT2D eigenvalue weighted by atomic mass is 79.9. The number of carbonyl (C=O) groups excluding carboxylic acids is 2. The van der Waals surface area contributed by atoms with Crippen LogP contribution >= 0.6 is 15.9 Å². The number of nitrogens with zero attached hydrogens (tertiary/aromatic N) is 2. The number of hydrogen-bond donors (Lipinski definition) is 3. The molecule has 2 heterocycles. The number of rotatable bonds is 13. The van der Waals surface area contributed by atoms with Crippen molar-refractivity contribution in [2.45, 2.75) is 89.3 Å². The molecule has 0 unspecified atom stereocenters. The van der Waals surface area contributed by atoms with Crippen LogP contribution in [0.2, 0.25) is 5.04 Å². The number of allylic oxidation sites excluding steroid dienone is 1. The number of benzene rings is 3. The molecular weight excluding hydrogens is 809 g/mol. The molecule has 58 heavy (non-hydrogen) atoms. The Kier molecular flexibility index (Phi) is 13.0. The summed E-state index contributed by atoms with van der Waals surface area (Å²) in [5.74, 6) is -2.42. The minimum Gasteiger partial charge on any atom is -0.507 e. The van der Waals surface area contributed by atoms with Gasteiger partial charge >= 0.3 is 0 Å². The topological polar surface area (TPSA) is 120 Å². The van der Waals surface area contributed by atoms with Crippen molar-refractivity contribution < 1.29 is 29.3 Å². The van der Waals surface area contributed by atoms with Gasteiger partial charge in [-0.1, -0.05) is 123 Å². The van der Waals surface area contributed by atoms with Gasteiger partial charge in [0.15, 0.2) is 0 Å². The summed E-state index contributed by atoms with van der Waals surface area (Å²) in [7, 11) is -3.05. The van der Waals surface area contributed by atoms with Gasteiger partial charge in [0.05, 0.1) is 36.8 Å². The first kappa shape index (κ1) is 41.9. The van der Waals surface area contributed by atoms with Crippen molar-refractivity contribution in [2.24, 2.45) is 17.8 Å². The number of halogens is 1. The number of aliphatic hydroxyl groups is 2. The van der Waals surface area contributed by atoms with Gasteiger partial charge in [-0.3, -0.25) is 19.5 Å². The molecule has 1 saturated carbocycles. The number of pyridine rings is 1. The average molecular weight is 864 g/mol. The Bertz CT molecular complexity index is 2090. The van der Waals surface area contributed by atoms with Crippen molar-refractivity contribution in [3.05, 3.63) is 130 Å². The summed E-state index contributed by atoms with van der Waals surface area (Å²) in [4.78, 5) is 35.0. The van der Waals surface area contributed by atoms with Crippen molar-refractivity contribution in [3.8, 4) is 5.75 Å². The van der Waals surface area contributed by atoms with E-state index in [9.17, 15) is 24.9 Å². The molecule has 3 aromatic carbocycles. The lowest BCUT2D eigenvalue weighted by atomic mass is 9.68. The first-order valence-electron chi connectivity index (χ1n) is 20.7. The van der Waals surface area contributed by atoms with Crippen LogP contribution in [0.15, 0.2) is 119 Å². The Morgan fingerprint density at radius 2 is 1.59 bits per heavy atom. The van der Waals surface area contributed by atoms with E-state index in [0.29, 0.717) is 23.3 Å². The summed E-state index contributed by atoms with van der Waals surface area (Å²) in [5.41, 5.74) is 3.50. The smallest absolute Gasteiger partial charge is 0.261 e. The quantitative estimate of drug-likeness (QED) is 0.0708. The molecular formula is C48H55BrN2O6Si. The van der Waals surface area contributed by atoms with Crippen LogP contribution < -0.4 is 10.4 Å². The van der Waals surface area contributed by atoms with Crippen LogP contribution in [0.5, 0.6) is 5.75 Å². The fourth-order valence-electron chi connectivity index (χ4n) is 9.88. The fraction of sp³-hybridized carbons (Fsp3) is 0.396. The molecule has 3 aliphatic rings. The van der Waals surface area contributed by atoms with E-state index in [2.05, 4.69) is 66.0 Å². The number of aliphatic hydroxyl groups excluding tert-OH is 2. The summed E-state index contributed by atoms with van der Waals surface area (Å²) in [6.45, 7) is 6.40. The lowest BCUT2D eigenvalue weighted by Gasteiger charge is -2.44. The number of imide groups is 1. The molecule has 2 fully saturated rings. The number of hydrogen-bond acceptors (Lipinski definition) is 7. The van der Waals surface area contributed by atoms with Gasteiger partial charge in [-0.25, -0.2) is 0 Å². The number of aromatic hydroxyl groups is 1. The molecule has 0 spiro atoms. The van der Waals surface area contributed by atoms with Gasteiger partial charge in [-0.2, -0.15) is 0 Å². The van der Waals surface area contributed by atoms with Crippen LogP contribution in [0.25, 0.3) is 11.6 Å². The van der Waals surface area contributed by atoms with Crippen molar-refractivity contribution in [2.75, 3.05) is 13.2 Å². The van der Waals surface area contributed by atoms with Crippen molar-refractivity contribution in [3.63, 3.8) is 0 Å². The maximum absolute atomic E-state index is 14.4. The van der Waals surface area contributed by atoms with Gasteiger partial charge in [0.2, 0.25) is 11.8 Å². The maximum Gasteiger partial charge on any atom is 0.261 e. The summed E-state index contributed by atoms with van der Waals surface area (Å²) in [6.07, 6.45) is 8.07. The summed E-state index contributed by atoms with van der Waals surface area (Å²) in [5, 5.41) is 36.4. The van der Waals surface area contributed by atoms with E-state index in [1.54, 1.807) is 18.3 Å². The minimum absolute atomic E-state index is 0.119. The van der Waals surface area contributed by atoms with Crippen LogP contribution in [0.3, 0.4) is 0 Å². The zero-order chi connectivity index (χ0) is 41.0. The van der Waals surface area contributed by atoms with E-state index in [4.69, 9.17) is 4.43 Å². The van der Waals surface area contributed by atoms with Crippen molar-refractivity contribution >= 4 is 58.1 Å². The molecule has 3 N–H and O–H groups in total. The maximum atomic E-state index is 14.4. The third-order valence-electron chi connectivity index (χ3n) is 12.6. The molecule has 0 bridgehead atoms. The molecule has 304 valence electrons. The van der Waals surface area contributed by atoms with Crippen LogP contribution in [0.4, 0.5) is 0 Å². The number of fused-ring (bicyclic) bond motifs is 1. The monoisotopic (exact) mass is 862 g/mol. The van der Waals surface area contributed by atoms with E-state index < -0.39 is 32.2 Å². The fourth-order valence-corrected chi connectivity index (χ4v) is 14.8. The van der Waals surface area contributed by atoms with Crippen LogP contribution in [-0.4, -0.2) is 70.7 Å². The van der Waals surface area contributed by atoms with Crippen molar-refractivity contribution in [1.29, 1.82) is 0 Å². The van der Waals surface area contributed by atoms with Gasteiger partial charge in [0, 0.05) is 28.2 Å². The second kappa shape index (κ2) is 18.0. The molecule has 7 rings (SSSR count). The molecule has 1 saturated heterocycles. The number of amides is 2. The molecule has 1 aliphatic heterocycles. The highest BCUT2D eigenvalue weighted by molar-refractivity contribution is 9.10. The Morgan fingerprint density at radius 3 is 2.19 bits per heavy atom. The zero-order valence-electron chi connectivity index (χ0n) is 33.7. The number of aromatic nitrogens is 1. The van der Waals surface area contributed by atoms with Crippen LogP contribution in [0, 0.1) is 17.8 Å². The van der Waals surface area contributed by atoms with Gasteiger partial charge in [0.25, 0.3) is 8.32 Å². The number of carbonyl (C=O) groups is 2. The first-order valence-corrected chi connectivity index (χ1v) is 23.4. The number of phenolic OH excluding ortho intramolecular Hbond substituents is 1. The lowest BCUT2D eigenvalue weighted by molar-refractivity contribution is -0.143. The first-order chi connectivity index (χ1) is 27.9. The normalized spacial score (nSPS) is 21.4. The largest absolute Gasteiger partial charge is 0.507 e. The van der Waals surface area contributed by atoms with Gasteiger partial charge in [-0.05, 0) is 101 Å². The predicted molar refractivity (Wildman–Crippen MR) is 235 cm³/mol. The third-order valence-corrected chi connectivity index (χ3v) is 18.1. The van der Waals surface area contributed by atoms with Gasteiger partial charge < -0.3 is 19.7 Å². The van der Waals surface area contributed by atoms with E-state index in [0.717, 1.165) is 58.1 Å². The second-order valence-corrected chi connectivity index (χ2v) is 22.3. The Balaban J connectivity index is 1.30. The van der Waals surface area contributed by atoms with E-state index in [1.807, 2.05) is 66.7 Å². The lowest BCUT2D eigenvalue weighted by Crippen LogP contribution is -2.66. The van der Waals surface area contributed by atoms with Crippen LogP contribution in [0.1, 0.15) is 83.4 Å². The highest BCUT2D eigenvalue weighted by Gasteiger charge is 2.57. The summed E-state index contributed by atoms with van der Waals surface area (Å²) in [6, 6.07) is 31.5. The zero-order valence-corrected chi connectivity index (χ0v) is 36.3. The van der Waals surface area contributed by atoms with Crippen LogP contribution in [-0.2, 0) is 14.0 Å². The number of likely N-dealkylation sites (tertiary alicyclic amines) is 1. The Hall–Kier alpha value is -4.19. The van der Waals surface area contributed by atoms with E-state index >= 15 is 0 Å². The number of phenols is 1. The summed E-state index contributed by atoms with van der Waals surface area (Å²) < 4.78 is 8.27. The van der Waals surface area contributed by atoms with Gasteiger partial charge in [0.1, 0.15) is 5.75 Å². The molecule has 1 aromatic heterocycles. The Labute approximate surface area is 352 Å². The summed E-state index contributed by atoms with van der Waals surface area (Å²) >= 11 is 3.52. The third kappa shape index (κ3) is 8.32. The molecule has 8 nitrogen and oxygen atoms in total. The Morgan fingerprint density at radius 1 is 0.931 bits per heavy atom. The van der Waals surface area contributed by atoms with Crippen molar-refractivity contribution in [1.82, 2.24) is 9.88 Å². The second-order valence-electron chi connectivity index (χ2n) is 17.1. The predicted octanol–water partition coefficient (Wildman–Crippen LogP) is 8.05. The minimum atomic E-state index is -3.05. The molecule has 0 radical (unpaired) electrons.